The van der Waals surface area contributed by atoms with Crippen LogP contribution < -0.4 is 11.1 Å². The summed E-state index contributed by atoms with van der Waals surface area (Å²) >= 11 is 0. The summed E-state index contributed by atoms with van der Waals surface area (Å²) in [4.78, 5) is 11.4. The SMILES string of the molecule is CC(CN)C(=O)NCCCC1CCCC1.Cl. The molecule has 0 bridgehead atoms. The Hall–Kier alpha value is -0.280. The van der Waals surface area contributed by atoms with Crippen molar-refractivity contribution in [3.05, 3.63) is 0 Å². The number of rotatable bonds is 6. The first-order chi connectivity index (χ1) is 7.24. The minimum atomic E-state index is -0.0449. The fourth-order valence-corrected chi connectivity index (χ4v) is 2.18. The van der Waals surface area contributed by atoms with Crippen molar-refractivity contribution in [3.8, 4) is 0 Å². The molecule has 0 radical (unpaired) electrons. The van der Waals surface area contributed by atoms with Crippen LogP contribution in [0.2, 0.25) is 0 Å². The van der Waals surface area contributed by atoms with Crippen molar-refractivity contribution in [3.63, 3.8) is 0 Å². The van der Waals surface area contributed by atoms with E-state index in [1.807, 2.05) is 6.92 Å². The molecule has 0 aromatic carbocycles. The summed E-state index contributed by atoms with van der Waals surface area (Å²) in [5.74, 6) is 0.981. The summed E-state index contributed by atoms with van der Waals surface area (Å²) in [6.45, 7) is 3.13. The van der Waals surface area contributed by atoms with Gasteiger partial charge < -0.3 is 11.1 Å². The maximum absolute atomic E-state index is 11.4. The average Bonchev–Trinajstić information content (AvgIpc) is 2.75. The average molecular weight is 249 g/mol. The van der Waals surface area contributed by atoms with Gasteiger partial charge in [-0.15, -0.1) is 12.4 Å². The van der Waals surface area contributed by atoms with Crippen LogP contribution in [0.5, 0.6) is 0 Å². The van der Waals surface area contributed by atoms with Crippen molar-refractivity contribution < 1.29 is 4.79 Å². The molecular formula is C12H25ClN2O. The van der Waals surface area contributed by atoms with Gasteiger partial charge in [0.2, 0.25) is 5.91 Å². The van der Waals surface area contributed by atoms with E-state index in [2.05, 4.69) is 5.32 Å². The number of nitrogens with one attached hydrogen (secondary N) is 1. The van der Waals surface area contributed by atoms with Gasteiger partial charge in [0.25, 0.3) is 0 Å². The molecule has 1 unspecified atom stereocenters. The quantitative estimate of drug-likeness (QED) is 0.708. The molecule has 96 valence electrons. The fourth-order valence-electron chi connectivity index (χ4n) is 2.18. The standard InChI is InChI=1S/C12H24N2O.ClH/c1-10(9-13)12(15)14-8-4-7-11-5-2-3-6-11;/h10-11H,2-9,13H2,1H3,(H,14,15);1H. The molecule has 0 aliphatic heterocycles. The lowest BCUT2D eigenvalue weighted by Gasteiger charge is -2.11. The Labute approximate surface area is 105 Å². The maximum atomic E-state index is 11.4. The lowest BCUT2D eigenvalue weighted by atomic mass is 10.0. The normalized spacial score (nSPS) is 17.9. The number of carbonyl (C=O) groups excluding carboxylic acids is 1. The van der Waals surface area contributed by atoms with Crippen LogP contribution in [0.3, 0.4) is 0 Å². The van der Waals surface area contributed by atoms with Crippen LogP contribution in [0.4, 0.5) is 0 Å². The highest BCUT2D eigenvalue weighted by molar-refractivity contribution is 5.85. The van der Waals surface area contributed by atoms with Crippen LogP contribution in [0.15, 0.2) is 0 Å². The summed E-state index contributed by atoms with van der Waals surface area (Å²) in [6.07, 6.45) is 7.99. The van der Waals surface area contributed by atoms with Crippen molar-refractivity contribution in [2.75, 3.05) is 13.1 Å². The van der Waals surface area contributed by atoms with E-state index in [4.69, 9.17) is 5.73 Å². The van der Waals surface area contributed by atoms with Gasteiger partial charge in [0.05, 0.1) is 0 Å². The lowest BCUT2D eigenvalue weighted by Crippen LogP contribution is -2.33. The summed E-state index contributed by atoms with van der Waals surface area (Å²) < 4.78 is 0. The third-order valence-electron chi connectivity index (χ3n) is 3.36. The van der Waals surface area contributed by atoms with Crippen LogP contribution in [-0.4, -0.2) is 19.0 Å². The van der Waals surface area contributed by atoms with Crippen molar-refractivity contribution in [2.24, 2.45) is 17.6 Å². The highest BCUT2D eigenvalue weighted by Gasteiger charge is 2.14. The first-order valence-corrected chi connectivity index (χ1v) is 6.21. The molecule has 1 aliphatic rings. The number of halogens is 1. The van der Waals surface area contributed by atoms with Gasteiger partial charge in [0.15, 0.2) is 0 Å². The molecule has 16 heavy (non-hydrogen) atoms. The van der Waals surface area contributed by atoms with Crippen molar-refractivity contribution in [1.82, 2.24) is 5.32 Å². The molecule has 3 nitrogen and oxygen atoms in total. The second-order valence-electron chi connectivity index (χ2n) is 4.72. The number of hydrogen-bond donors (Lipinski definition) is 2. The molecular weight excluding hydrogens is 224 g/mol. The third-order valence-corrected chi connectivity index (χ3v) is 3.36. The van der Waals surface area contributed by atoms with E-state index in [0.29, 0.717) is 6.54 Å². The van der Waals surface area contributed by atoms with Gasteiger partial charge in [0.1, 0.15) is 0 Å². The van der Waals surface area contributed by atoms with Gasteiger partial charge in [-0.1, -0.05) is 32.6 Å². The monoisotopic (exact) mass is 248 g/mol. The van der Waals surface area contributed by atoms with E-state index in [1.165, 1.54) is 32.1 Å². The van der Waals surface area contributed by atoms with Gasteiger partial charge >= 0.3 is 0 Å². The Morgan fingerprint density at radius 2 is 2.06 bits per heavy atom. The molecule has 0 spiro atoms. The van der Waals surface area contributed by atoms with E-state index in [9.17, 15) is 4.79 Å². The third kappa shape index (κ3) is 5.71. The summed E-state index contributed by atoms with van der Waals surface area (Å²) in [5, 5.41) is 2.94. The molecule has 0 aromatic rings. The zero-order chi connectivity index (χ0) is 11.1. The number of nitrogens with two attached hydrogens (primary N) is 1. The molecule has 0 aromatic heterocycles. The van der Waals surface area contributed by atoms with Gasteiger partial charge in [0, 0.05) is 19.0 Å². The van der Waals surface area contributed by atoms with E-state index < -0.39 is 0 Å². The zero-order valence-electron chi connectivity index (χ0n) is 10.2. The van der Waals surface area contributed by atoms with Crippen LogP contribution in [-0.2, 0) is 4.79 Å². The molecule has 4 heteroatoms. The fraction of sp³-hybridized carbons (Fsp3) is 0.917. The lowest BCUT2D eigenvalue weighted by molar-refractivity contribution is -0.124. The molecule has 1 aliphatic carbocycles. The maximum Gasteiger partial charge on any atom is 0.224 e. The number of hydrogen-bond acceptors (Lipinski definition) is 2. The first kappa shape index (κ1) is 15.7. The highest BCUT2D eigenvalue weighted by atomic mass is 35.5. The molecule has 1 saturated carbocycles. The Kier molecular flexibility index (Phi) is 8.67. The molecule has 3 N–H and O–H groups in total. The highest BCUT2D eigenvalue weighted by Crippen LogP contribution is 2.28. The van der Waals surface area contributed by atoms with Crippen LogP contribution in [0.1, 0.15) is 45.4 Å². The second-order valence-corrected chi connectivity index (χ2v) is 4.72. The van der Waals surface area contributed by atoms with Crippen molar-refractivity contribution in [2.45, 2.75) is 45.4 Å². The van der Waals surface area contributed by atoms with Crippen LogP contribution in [0.25, 0.3) is 0 Å². The van der Waals surface area contributed by atoms with Gasteiger partial charge in [-0.2, -0.15) is 0 Å². The minimum Gasteiger partial charge on any atom is -0.356 e. The van der Waals surface area contributed by atoms with Crippen LogP contribution >= 0.6 is 12.4 Å². The molecule has 1 amide bonds. The molecule has 0 heterocycles. The minimum absolute atomic E-state index is 0. The van der Waals surface area contributed by atoms with E-state index in [0.717, 1.165) is 18.9 Å². The summed E-state index contributed by atoms with van der Waals surface area (Å²) in [6, 6.07) is 0. The predicted octanol–water partition coefficient (Wildman–Crippen LogP) is 2.09. The molecule has 0 saturated heterocycles. The summed E-state index contributed by atoms with van der Waals surface area (Å²) in [7, 11) is 0. The summed E-state index contributed by atoms with van der Waals surface area (Å²) in [5.41, 5.74) is 5.42. The zero-order valence-corrected chi connectivity index (χ0v) is 11.0. The van der Waals surface area contributed by atoms with E-state index in [1.54, 1.807) is 0 Å². The Morgan fingerprint density at radius 1 is 1.44 bits per heavy atom. The molecule has 1 rings (SSSR count). The van der Waals surface area contributed by atoms with Crippen molar-refractivity contribution in [1.29, 1.82) is 0 Å². The molecule has 1 fully saturated rings. The first-order valence-electron chi connectivity index (χ1n) is 6.21. The van der Waals surface area contributed by atoms with Gasteiger partial charge in [-0.05, 0) is 18.8 Å². The number of amides is 1. The topological polar surface area (TPSA) is 55.1 Å². The van der Waals surface area contributed by atoms with E-state index in [-0.39, 0.29) is 24.2 Å². The Morgan fingerprint density at radius 3 is 2.62 bits per heavy atom. The number of carbonyl (C=O) groups is 1. The smallest absolute Gasteiger partial charge is 0.224 e. The molecule has 1 atom stereocenters. The predicted molar refractivity (Wildman–Crippen MR) is 69.7 cm³/mol. The van der Waals surface area contributed by atoms with E-state index >= 15 is 0 Å². The second kappa shape index (κ2) is 8.82. The van der Waals surface area contributed by atoms with Gasteiger partial charge in [-0.25, -0.2) is 0 Å². The Balaban J connectivity index is 0.00000225. The Bertz CT molecular complexity index is 193. The van der Waals surface area contributed by atoms with Crippen molar-refractivity contribution >= 4 is 18.3 Å². The largest absolute Gasteiger partial charge is 0.356 e. The van der Waals surface area contributed by atoms with Crippen LogP contribution in [0, 0.1) is 11.8 Å². The van der Waals surface area contributed by atoms with Gasteiger partial charge in [-0.3, -0.25) is 4.79 Å².